The Morgan fingerprint density at radius 1 is 1.00 bits per heavy atom. The van der Waals surface area contributed by atoms with Gasteiger partial charge in [0.2, 0.25) is 0 Å². The summed E-state index contributed by atoms with van der Waals surface area (Å²) in [5.74, 6) is 0. The van der Waals surface area contributed by atoms with Gasteiger partial charge in [-0.2, -0.15) is 0 Å². The van der Waals surface area contributed by atoms with E-state index < -0.39 is 0 Å². The maximum atomic E-state index is 11.5. The van der Waals surface area contributed by atoms with Gasteiger partial charge in [0.25, 0.3) is 0 Å². The molecule has 1 nitrogen and oxygen atoms in total. The standard InChI is InChI=1S/C10H11BrO/c1-6-4-7(2)10(12)8(3)5-9(6)11/h4-5H,1-3H3. The summed E-state index contributed by atoms with van der Waals surface area (Å²) in [5, 5.41) is 0. The summed E-state index contributed by atoms with van der Waals surface area (Å²) in [6.07, 6.45) is 0. The second-order valence-corrected chi connectivity index (χ2v) is 3.87. The van der Waals surface area contributed by atoms with Crippen molar-refractivity contribution in [2.45, 2.75) is 20.8 Å². The lowest BCUT2D eigenvalue weighted by atomic mass is 10.2. The number of aryl methyl sites for hydroxylation is 3. The Kier molecular flexibility index (Phi) is 2.68. The van der Waals surface area contributed by atoms with Gasteiger partial charge in [-0.05, 0) is 43.5 Å². The van der Waals surface area contributed by atoms with Gasteiger partial charge in [0.05, 0.1) is 0 Å². The van der Waals surface area contributed by atoms with Crippen LogP contribution in [0.1, 0.15) is 16.7 Å². The van der Waals surface area contributed by atoms with Gasteiger partial charge in [0, 0.05) is 4.47 Å². The van der Waals surface area contributed by atoms with E-state index in [9.17, 15) is 4.79 Å². The Bertz CT molecular complexity index is 335. The van der Waals surface area contributed by atoms with Crippen LogP contribution in [0.15, 0.2) is 21.4 Å². The zero-order chi connectivity index (χ0) is 9.30. The summed E-state index contributed by atoms with van der Waals surface area (Å²) in [4.78, 5) is 11.5. The molecule has 0 radical (unpaired) electrons. The Balaban J connectivity index is 3.67. The smallest absolute Gasteiger partial charge is 0.184 e. The molecule has 0 N–H and O–H groups in total. The van der Waals surface area contributed by atoms with Gasteiger partial charge in [-0.25, -0.2) is 0 Å². The predicted molar refractivity (Wildman–Crippen MR) is 54.6 cm³/mol. The second kappa shape index (κ2) is 3.40. The van der Waals surface area contributed by atoms with Crippen molar-refractivity contribution in [1.82, 2.24) is 0 Å². The molecular weight excluding hydrogens is 216 g/mol. The molecule has 0 aliphatic rings. The Labute approximate surface area is 80.6 Å². The van der Waals surface area contributed by atoms with Gasteiger partial charge >= 0.3 is 0 Å². The van der Waals surface area contributed by atoms with Crippen LogP contribution in [0.3, 0.4) is 0 Å². The van der Waals surface area contributed by atoms with Crippen molar-refractivity contribution in [3.63, 3.8) is 0 Å². The van der Waals surface area contributed by atoms with Gasteiger partial charge < -0.3 is 0 Å². The van der Waals surface area contributed by atoms with Crippen molar-refractivity contribution in [2.24, 2.45) is 0 Å². The topological polar surface area (TPSA) is 17.1 Å². The maximum Gasteiger partial charge on any atom is 0.184 e. The first-order valence-corrected chi connectivity index (χ1v) is 4.59. The first-order valence-electron chi connectivity index (χ1n) is 3.80. The largest absolute Gasteiger partial charge is 0.289 e. The minimum absolute atomic E-state index is 0.129. The van der Waals surface area contributed by atoms with E-state index >= 15 is 0 Å². The van der Waals surface area contributed by atoms with E-state index in [2.05, 4.69) is 15.9 Å². The lowest BCUT2D eigenvalue weighted by Gasteiger charge is -1.87. The fourth-order valence-electron chi connectivity index (χ4n) is 1.14. The monoisotopic (exact) mass is 226 g/mol. The highest BCUT2D eigenvalue weighted by molar-refractivity contribution is 9.10. The third kappa shape index (κ3) is 1.75. The molecule has 0 heterocycles. The Hall–Kier alpha value is -0.630. The van der Waals surface area contributed by atoms with Crippen molar-refractivity contribution >= 4 is 15.9 Å². The molecule has 1 aromatic rings. The van der Waals surface area contributed by atoms with Crippen LogP contribution in [-0.2, 0) is 0 Å². The second-order valence-electron chi connectivity index (χ2n) is 3.01. The average Bonchev–Trinajstić information content (AvgIpc) is 2.07. The molecule has 0 saturated heterocycles. The quantitative estimate of drug-likeness (QED) is 0.666. The van der Waals surface area contributed by atoms with E-state index in [1.165, 1.54) is 0 Å². The van der Waals surface area contributed by atoms with Crippen molar-refractivity contribution < 1.29 is 0 Å². The fraction of sp³-hybridized carbons (Fsp3) is 0.300. The van der Waals surface area contributed by atoms with Crippen LogP contribution < -0.4 is 5.43 Å². The van der Waals surface area contributed by atoms with Gasteiger partial charge in [-0.15, -0.1) is 0 Å². The highest BCUT2D eigenvalue weighted by Gasteiger charge is 1.99. The van der Waals surface area contributed by atoms with Gasteiger partial charge in [0.1, 0.15) is 0 Å². The van der Waals surface area contributed by atoms with E-state index in [4.69, 9.17) is 0 Å². The minimum Gasteiger partial charge on any atom is -0.289 e. The van der Waals surface area contributed by atoms with Crippen molar-refractivity contribution in [3.05, 3.63) is 43.5 Å². The molecule has 0 amide bonds. The predicted octanol–water partition coefficient (Wildman–Crippen LogP) is 2.73. The summed E-state index contributed by atoms with van der Waals surface area (Å²) in [7, 11) is 0. The Morgan fingerprint density at radius 3 is 2.08 bits per heavy atom. The Morgan fingerprint density at radius 2 is 1.50 bits per heavy atom. The van der Waals surface area contributed by atoms with Gasteiger partial charge in [0.15, 0.2) is 5.43 Å². The van der Waals surface area contributed by atoms with Crippen LogP contribution in [-0.4, -0.2) is 0 Å². The zero-order valence-corrected chi connectivity index (χ0v) is 9.03. The summed E-state index contributed by atoms with van der Waals surface area (Å²) in [6.45, 7) is 5.66. The summed E-state index contributed by atoms with van der Waals surface area (Å²) >= 11 is 3.41. The van der Waals surface area contributed by atoms with Gasteiger partial charge in [-0.1, -0.05) is 22.0 Å². The molecule has 1 rings (SSSR count). The normalized spacial score (nSPS) is 10.0. The molecule has 0 atom stereocenters. The molecule has 12 heavy (non-hydrogen) atoms. The number of hydrogen-bond donors (Lipinski definition) is 0. The van der Waals surface area contributed by atoms with Crippen molar-refractivity contribution in [3.8, 4) is 0 Å². The van der Waals surface area contributed by atoms with E-state index in [0.29, 0.717) is 0 Å². The zero-order valence-electron chi connectivity index (χ0n) is 7.44. The van der Waals surface area contributed by atoms with Crippen LogP contribution in [0.4, 0.5) is 0 Å². The van der Waals surface area contributed by atoms with E-state index in [1.54, 1.807) is 0 Å². The average molecular weight is 227 g/mol. The molecule has 64 valence electrons. The molecule has 0 saturated carbocycles. The van der Waals surface area contributed by atoms with Crippen LogP contribution in [0.25, 0.3) is 0 Å². The third-order valence-electron chi connectivity index (χ3n) is 1.87. The molecule has 0 aromatic heterocycles. The highest BCUT2D eigenvalue weighted by Crippen LogP contribution is 2.14. The number of hydrogen-bond acceptors (Lipinski definition) is 1. The first-order chi connectivity index (χ1) is 5.52. The maximum absolute atomic E-state index is 11.5. The molecule has 0 fully saturated rings. The molecule has 0 bridgehead atoms. The molecule has 0 spiro atoms. The number of halogens is 1. The third-order valence-corrected chi connectivity index (χ3v) is 2.72. The lowest BCUT2D eigenvalue weighted by molar-refractivity contribution is 1.34. The van der Waals surface area contributed by atoms with Crippen molar-refractivity contribution in [1.29, 1.82) is 0 Å². The first kappa shape index (κ1) is 9.46. The van der Waals surface area contributed by atoms with Gasteiger partial charge in [-0.3, -0.25) is 4.79 Å². The fourth-order valence-corrected chi connectivity index (χ4v) is 1.60. The summed E-state index contributed by atoms with van der Waals surface area (Å²) in [6, 6.07) is 3.77. The van der Waals surface area contributed by atoms with E-state index in [-0.39, 0.29) is 5.43 Å². The molecule has 0 aliphatic heterocycles. The molecule has 0 aliphatic carbocycles. The highest BCUT2D eigenvalue weighted by atomic mass is 79.9. The summed E-state index contributed by atoms with van der Waals surface area (Å²) in [5.41, 5.74) is 2.81. The van der Waals surface area contributed by atoms with E-state index in [0.717, 1.165) is 21.2 Å². The lowest BCUT2D eigenvalue weighted by Crippen LogP contribution is -2.03. The van der Waals surface area contributed by atoms with Crippen molar-refractivity contribution in [2.75, 3.05) is 0 Å². The SMILES string of the molecule is Cc1cc(C)c(=O)c(C)cc1Br. The number of rotatable bonds is 0. The molecule has 1 aromatic carbocycles. The van der Waals surface area contributed by atoms with Crippen LogP contribution >= 0.6 is 15.9 Å². The molecule has 0 unspecified atom stereocenters. The minimum atomic E-state index is 0.129. The van der Waals surface area contributed by atoms with E-state index in [1.807, 2.05) is 32.9 Å². The molecule has 2 heteroatoms. The van der Waals surface area contributed by atoms with Crippen LogP contribution in [0.5, 0.6) is 0 Å². The summed E-state index contributed by atoms with van der Waals surface area (Å²) < 4.78 is 0.991. The van der Waals surface area contributed by atoms with Crippen LogP contribution in [0, 0.1) is 20.8 Å². The molecular formula is C10H11BrO. The van der Waals surface area contributed by atoms with Crippen LogP contribution in [0.2, 0.25) is 0 Å².